The minimum Gasteiger partial charge on any atom is -0.481 e. The SMILES string of the molecule is COc1ccc(C(=O)Nc2cnn(CC(=O)NCC3CCCO3)c2)cn1. The highest BCUT2D eigenvalue weighted by atomic mass is 16.5. The van der Waals surface area contributed by atoms with Crippen LogP contribution in [0.3, 0.4) is 0 Å². The van der Waals surface area contributed by atoms with Crippen LogP contribution in [0, 0.1) is 0 Å². The molecular formula is C17H21N5O4. The number of nitrogens with one attached hydrogen (secondary N) is 2. The van der Waals surface area contributed by atoms with Crippen LogP contribution in [0.15, 0.2) is 30.7 Å². The molecule has 1 aliphatic heterocycles. The fourth-order valence-corrected chi connectivity index (χ4v) is 2.59. The molecule has 1 aliphatic rings. The summed E-state index contributed by atoms with van der Waals surface area (Å²) in [4.78, 5) is 28.1. The van der Waals surface area contributed by atoms with Crippen molar-refractivity contribution in [3.8, 4) is 5.88 Å². The molecule has 0 saturated carbocycles. The Morgan fingerprint density at radius 2 is 2.27 bits per heavy atom. The minimum absolute atomic E-state index is 0.0761. The third-order valence-corrected chi connectivity index (χ3v) is 3.96. The van der Waals surface area contributed by atoms with E-state index in [4.69, 9.17) is 9.47 Å². The molecule has 138 valence electrons. The number of nitrogens with zero attached hydrogens (tertiary/aromatic N) is 3. The third kappa shape index (κ3) is 4.79. The molecule has 9 heteroatoms. The Labute approximate surface area is 150 Å². The molecule has 0 aromatic carbocycles. The summed E-state index contributed by atoms with van der Waals surface area (Å²) in [6.07, 6.45) is 6.62. The number of pyridine rings is 1. The van der Waals surface area contributed by atoms with Gasteiger partial charge in [-0.3, -0.25) is 14.3 Å². The molecular weight excluding hydrogens is 338 g/mol. The lowest BCUT2D eigenvalue weighted by Gasteiger charge is -2.10. The summed E-state index contributed by atoms with van der Waals surface area (Å²) in [5, 5.41) is 9.62. The van der Waals surface area contributed by atoms with Crippen molar-refractivity contribution in [3.05, 3.63) is 36.3 Å². The molecule has 9 nitrogen and oxygen atoms in total. The van der Waals surface area contributed by atoms with Gasteiger partial charge in [0.1, 0.15) is 6.54 Å². The zero-order chi connectivity index (χ0) is 18.4. The molecule has 1 unspecified atom stereocenters. The Morgan fingerprint density at radius 1 is 1.38 bits per heavy atom. The van der Waals surface area contributed by atoms with Gasteiger partial charge in [-0.05, 0) is 18.9 Å². The molecule has 2 aromatic heterocycles. The second-order valence-electron chi connectivity index (χ2n) is 5.91. The summed E-state index contributed by atoms with van der Waals surface area (Å²) in [6.45, 7) is 1.34. The summed E-state index contributed by atoms with van der Waals surface area (Å²) < 4.78 is 11.9. The van der Waals surface area contributed by atoms with Crippen LogP contribution in [0.5, 0.6) is 5.88 Å². The second kappa shape index (κ2) is 8.43. The quantitative estimate of drug-likeness (QED) is 0.758. The molecule has 1 fully saturated rings. The van der Waals surface area contributed by atoms with Crippen molar-refractivity contribution in [1.29, 1.82) is 0 Å². The number of methoxy groups -OCH3 is 1. The van der Waals surface area contributed by atoms with Crippen molar-refractivity contribution in [2.24, 2.45) is 0 Å². The third-order valence-electron chi connectivity index (χ3n) is 3.96. The first-order valence-electron chi connectivity index (χ1n) is 8.36. The maximum absolute atomic E-state index is 12.2. The van der Waals surface area contributed by atoms with E-state index >= 15 is 0 Å². The standard InChI is InChI=1S/C17H21N5O4/c1-25-16-5-4-12(7-19-16)17(24)21-13-8-20-22(10-13)11-15(23)18-9-14-3-2-6-26-14/h4-5,7-8,10,14H,2-3,6,9,11H2,1H3,(H,18,23)(H,21,24). The van der Waals surface area contributed by atoms with E-state index in [1.807, 2.05) is 0 Å². The van der Waals surface area contributed by atoms with Gasteiger partial charge in [-0.25, -0.2) is 4.98 Å². The molecule has 0 radical (unpaired) electrons. The lowest BCUT2D eigenvalue weighted by molar-refractivity contribution is -0.122. The number of anilines is 1. The topological polar surface area (TPSA) is 107 Å². The van der Waals surface area contributed by atoms with Crippen molar-refractivity contribution < 1.29 is 19.1 Å². The van der Waals surface area contributed by atoms with Gasteiger partial charge in [-0.15, -0.1) is 0 Å². The zero-order valence-corrected chi connectivity index (χ0v) is 14.5. The Morgan fingerprint density at radius 3 is 2.96 bits per heavy atom. The van der Waals surface area contributed by atoms with Gasteiger partial charge in [-0.2, -0.15) is 5.10 Å². The molecule has 2 amide bonds. The van der Waals surface area contributed by atoms with E-state index < -0.39 is 0 Å². The summed E-state index contributed by atoms with van der Waals surface area (Å²) in [7, 11) is 1.51. The molecule has 3 heterocycles. The van der Waals surface area contributed by atoms with Gasteiger partial charge in [0.15, 0.2) is 0 Å². The molecule has 3 rings (SSSR count). The molecule has 1 saturated heterocycles. The number of amides is 2. The van der Waals surface area contributed by atoms with Crippen molar-refractivity contribution >= 4 is 17.5 Å². The molecule has 2 N–H and O–H groups in total. The van der Waals surface area contributed by atoms with E-state index in [2.05, 4.69) is 20.7 Å². The van der Waals surface area contributed by atoms with Gasteiger partial charge >= 0.3 is 0 Å². The number of hydrogen-bond acceptors (Lipinski definition) is 6. The minimum atomic E-state index is -0.317. The molecule has 0 aliphatic carbocycles. The second-order valence-corrected chi connectivity index (χ2v) is 5.91. The number of rotatable bonds is 7. The molecule has 2 aromatic rings. The predicted octanol–water partition coefficient (Wildman–Crippen LogP) is 0.834. The molecule has 1 atom stereocenters. The fourth-order valence-electron chi connectivity index (χ4n) is 2.59. The highest BCUT2D eigenvalue weighted by Gasteiger charge is 2.16. The van der Waals surface area contributed by atoms with Gasteiger partial charge in [0.25, 0.3) is 5.91 Å². The van der Waals surface area contributed by atoms with Crippen molar-refractivity contribution in [3.63, 3.8) is 0 Å². The highest BCUT2D eigenvalue weighted by molar-refractivity contribution is 6.03. The first-order chi connectivity index (χ1) is 12.6. The normalized spacial score (nSPS) is 16.3. The van der Waals surface area contributed by atoms with E-state index in [0.29, 0.717) is 23.7 Å². The zero-order valence-electron chi connectivity index (χ0n) is 14.5. The number of hydrogen-bond donors (Lipinski definition) is 2. The predicted molar refractivity (Wildman–Crippen MR) is 93.0 cm³/mol. The fraction of sp³-hybridized carbons (Fsp3) is 0.412. The van der Waals surface area contributed by atoms with Crippen molar-refractivity contribution in [2.75, 3.05) is 25.6 Å². The maximum Gasteiger partial charge on any atom is 0.257 e. The van der Waals surface area contributed by atoms with Crippen molar-refractivity contribution in [1.82, 2.24) is 20.1 Å². The van der Waals surface area contributed by atoms with Crippen LogP contribution < -0.4 is 15.4 Å². The van der Waals surface area contributed by atoms with Gasteiger partial charge in [0.2, 0.25) is 11.8 Å². The monoisotopic (exact) mass is 359 g/mol. The summed E-state index contributed by atoms with van der Waals surface area (Å²) >= 11 is 0. The number of aromatic nitrogens is 3. The van der Waals surface area contributed by atoms with E-state index in [-0.39, 0.29) is 24.5 Å². The van der Waals surface area contributed by atoms with Crippen LogP contribution in [0.2, 0.25) is 0 Å². The van der Waals surface area contributed by atoms with Crippen LogP contribution >= 0.6 is 0 Å². The van der Waals surface area contributed by atoms with Crippen LogP contribution in [-0.2, 0) is 16.1 Å². The first kappa shape index (κ1) is 17.9. The molecule has 26 heavy (non-hydrogen) atoms. The van der Waals surface area contributed by atoms with Crippen LogP contribution in [-0.4, -0.2) is 52.9 Å². The van der Waals surface area contributed by atoms with Crippen LogP contribution in [0.4, 0.5) is 5.69 Å². The Kier molecular flexibility index (Phi) is 5.80. The van der Waals surface area contributed by atoms with E-state index in [9.17, 15) is 9.59 Å². The van der Waals surface area contributed by atoms with E-state index in [1.54, 1.807) is 18.3 Å². The molecule has 0 bridgehead atoms. The Bertz CT molecular complexity index is 753. The van der Waals surface area contributed by atoms with Gasteiger partial charge in [-0.1, -0.05) is 0 Å². The highest BCUT2D eigenvalue weighted by Crippen LogP contribution is 2.12. The number of carbonyl (C=O) groups excluding carboxylic acids is 2. The van der Waals surface area contributed by atoms with Gasteiger partial charge < -0.3 is 20.1 Å². The Hall–Kier alpha value is -2.94. The maximum atomic E-state index is 12.2. The lowest BCUT2D eigenvalue weighted by atomic mass is 10.2. The molecule has 0 spiro atoms. The number of carbonyl (C=O) groups is 2. The van der Waals surface area contributed by atoms with E-state index in [1.165, 1.54) is 24.2 Å². The summed E-state index contributed by atoms with van der Waals surface area (Å²) in [5.41, 5.74) is 0.894. The summed E-state index contributed by atoms with van der Waals surface area (Å²) in [5.74, 6) is -0.0354. The largest absolute Gasteiger partial charge is 0.481 e. The lowest BCUT2D eigenvalue weighted by Crippen LogP contribution is -2.34. The van der Waals surface area contributed by atoms with Gasteiger partial charge in [0, 0.05) is 31.6 Å². The van der Waals surface area contributed by atoms with Crippen molar-refractivity contribution in [2.45, 2.75) is 25.5 Å². The van der Waals surface area contributed by atoms with Gasteiger partial charge in [0.05, 0.1) is 30.7 Å². The average molecular weight is 359 g/mol. The Balaban J connectivity index is 1.48. The van der Waals surface area contributed by atoms with Crippen LogP contribution in [0.25, 0.3) is 0 Å². The average Bonchev–Trinajstić information content (AvgIpc) is 3.32. The van der Waals surface area contributed by atoms with E-state index in [0.717, 1.165) is 19.4 Å². The van der Waals surface area contributed by atoms with Crippen LogP contribution in [0.1, 0.15) is 23.2 Å². The number of ether oxygens (including phenoxy) is 2. The first-order valence-corrected chi connectivity index (χ1v) is 8.36. The smallest absolute Gasteiger partial charge is 0.257 e. The summed E-state index contributed by atoms with van der Waals surface area (Å²) in [6, 6.07) is 3.22.